The molecule has 6 nitrogen and oxygen atoms in total. The first-order valence-electron chi connectivity index (χ1n) is 4.36. The van der Waals surface area contributed by atoms with Crippen LogP contribution < -0.4 is 10.6 Å². The first kappa shape index (κ1) is 11.8. The van der Waals surface area contributed by atoms with Crippen molar-refractivity contribution in [2.75, 3.05) is 12.9 Å². The Morgan fingerprint density at radius 3 is 2.80 bits per heavy atom. The van der Waals surface area contributed by atoms with Gasteiger partial charge in [-0.05, 0) is 6.92 Å². The maximum atomic E-state index is 11.5. The summed E-state index contributed by atoms with van der Waals surface area (Å²) in [6.07, 6.45) is 0. The quantitative estimate of drug-likeness (QED) is 0.640. The smallest absolute Gasteiger partial charge is 0.328 e. The summed E-state index contributed by atoms with van der Waals surface area (Å²) in [6, 6.07) is -1.26. The molecule has 0 aromatic heterocycles. The molecule has 15 heavy (non-hydrogen) atoms. The van der Waals surface area contributed by atoms with Crippen LogP contribution in [0.1, 0.15) is 6.92 Å². The third-order valence-corrected chi connectivity index (χ3v) is 2.78. The number of methoxy groups -OCH3 is 1. The van der Waals surface area contributed by atoms with Crippen molar-refractivity contribution < 1.29 is 19.1 Å². The molecule has 1 rings (SSSR count). The lowest BCUT2D eigenvalue weighted by Crippen LogP contribution is -2.48. The van der Waals surface area contributed by atoms with Crippen molar-refractivity contribution >= 4 is 28.9 Å². The summed E-state index contributed by atoms with van der Waals surface area (Å²) in [5, 5.41) is 4.71. The molecular formula is C8H12N2O4S. The fourth-order valence-electron chi connectivity index (χ4n) is 1.08. The van der Waals surface area contributed by atoms with Gasteiger partial charge in [0.15, 0.2) is 0 Å². The highest BCUT2D eigenvalue weighted by Gasteiger charge is 2.29. The SMILES string of the molecule is COC(=O)C(C)NC(=O)C1CSC(=O)N1. The van der Waals surface area contributed by atoms with E-state index in [0.717, 1.165) is 11.8 Å². The maximum absolute atomic E-state index is 11.5. The van der Waals surface area contributed by atoms with Crippen molar-refractivity contribution in [3.63, 3.8) is 0 Å². The van der Waals surface area contributed by atoms with Crippen LogP contribution in [0.5, 0.6) is 0 Å². The van der Waals surface area contributed by atoms with Crippen LogP contribution in [0.15, 0.2) is 0 Å². The average molecular weight is 232 g/mol. The van der Waals surface area contributed by atoms with Crippen LogP contribution >= 0.6 is 11.8 Å². The van der Waals surface area contributed by atoms with E-state index in [1.165, 1.54) is 14.0 Å². The number of amides is 2. The third kappa shape index (κ3) is 3.12. The summed E-state index contributed by atoms with van der Waals surface area (Å²) in [5.41, 5.74) is 0. The molecule has 0 saturated carbocycles. The molecule has 2 unspecified atom stereocenters. The van der Waals surface area contributed by atoms with Crippen LogP contribution in [0.4, 0.5) is 4.79 Å². The highest BCUT2D eigenvalue weighted by atomic mass is 32.2. The molecule has 2 N–H and O–H groups in total. The van der Waals surface area contributed by atoms with Gasteiger partial charge in [0.2, 0.25) is 5.91 Å². The van der Waals surface area contributed by atoms with Crippen LogP contribution in [0.3, 0.4) is 0 Å². The molecule has 1 heterocycles. The topological polar surface area (TPSA) is 84.5 Å². The zero-order valence-electron chi connectivity index (χ0n) is 8.40. The molecule has 0 bridgehead atoms. The highest BCUT2D eigenvalue weighted by molar-refractivity contribution is 8.14. The Hall–Kier alpha value is -1.24. The molecule has 0 aromatic rings. The minimum Gasteiger partial charge on any atom is -0.467 e. The number of thioether (sulfide) groups is 1. The van der Waals surface area contributed by atoms with Gasteiger partial charge in [-0.25, -0.2) is 4.79 Å². The van der Waals surface area contributed by atoms with E-state index in [1.807, 2.05) is 0 Å². The molecule has 0 aliphatic carbocycles. The van der Waals surface area contributed by atoms with Gasteiger partial charge in [-0.2, -0.15) is 0 Å². The predicted molar refractivity (Wildman–Crippen MR) is 54.4 cm³/mol. The van der Waals surface area contributed by atoms with Crippen molar-refractivity contribution in [1.82, 2.24) is 10.6 Å². The molecule has 0 radical (unpaired) electrons. The number of carbonyl (C=O) groups excluding carboxylic acids is 3. The van der Waals surface area contributed by atoms with Gasteiger partial charge in [-0.3, -0.25) is 9.59 Å². The van der Waals surface area contributed by atoms with E-state index in [0.29, 0.717) is 5.75 Å². The van der Waals surface area contributed by atoms with E-state index in [1.54, 1.807) is 0 Å². The van der Waals surface area contributed by atoms with Gasteiger partial charge >= 0.3 is 5.97 Å². The molecule has 1 saturated heterocycles. The fourth-order valence-corrected chi connectivity index (χ4v) is 1.85. The Morgan fingerprint density at radius 1 is 1.67 bits per heavy atom. The normalized spacial score (nSPS) is 21.7. The predicted octanol–water partition coefficient (Wildman–Crippen LogP) is -0.511. The average Bonchev–Trinajstić information content (AvgIpc) is 2.63. The number of carbonyl (C=O) groups is 3. The molecule has 1 aliphatic rings. The molecule has 2 amide bonds. The largest absolute Gasteiger partial charge is 0.467 e. The van der Waals surface area contributed by atoms with Gasteiger partial charge in [0, 0.05) is 5.75 Å². The first-order chi connectivity index (χ1) is 7.04. The van der Waals surface area contributed by atoms with E-state index in [2.05, 4.69) is 15.4 Å². The Labute approximate surface area is 91.1 Å². The minimum atomic E-state index is -0.704. The van der Waals surface area contributed by atoms with Crippen LogP contribution in [0.25, 0.3) is 0 Å². The second kappa shape index (κ2) is 5.01. The van der Waals surface area contributed by atoms with Gasteiger partial charge in [0.25, 0.3) is 5.24 Å². The van der Waals surface area contributed by atoms with E-state index in [9.17, 15) is 14.4 Å². The fraction of sp³-hybridized carbons (Fsp3) is 0.625. The van der Waals surface area contributed by atoms with Gasteiger partial charge in [-0.15, -0.1) is 0 Å². The van der Waals surface area contributed by atoms with E-state index >= 15 is 0 Å². The molecule has 0 aromatic carbocycles. The van der Waals surface area contributed by atoms with Crippen LogP contribution in [0, 0.1) is 0 Å². The zero-order chi connectivity index (χ0) is 11.4. The molecule has 1 aliphatic heterocycles. The molecule has 2 atom stereocenters. The molecule has 84 valence electrons. The molecule has 0 spiro atoms. The second-order valence-electron chi connectivity index (χ2n) is 3.05. The number of nitrogens with one attached hydrogen (secondary N) is 2. The molecule has 1 fully saturated rings. The van der Waals surface area contributed by atoms with E-state index in [-0.39, 0.29) is 11.1 Å². The first-order valence-corrected chi connectivity index (χ1v) is 5.34. The van der Waals surface area contributed by atoms with Gasteiger partial charge in [0.05, 0.1) is 7.11 Å². The summed E-state index contributed by atoms with van der Waals surface area (Å²) in [6.45, 7) is 1.52. The Bertz CT molecular complexity index is 294. The van der Waals surface area contributed by atoms with Crippen molar-refractivity contribution in [1.29, 1.82) is 0 Å². The van der Waals surface area contributed by atoms with Crippen LogP contribution in [-0.2, 0) is 14.3 Å². The van der Waals surface area contributed by atoms with Crippen molar-refractivity contribution in [3.8, 4) is 0 Å². The lowest BCUT2D eigenvalue weighted by atomic mass is 10.2. The molecular weight excluding hydrogens is 220 g/mol. The summed E-state index contributed by atoms with van der Waals surface area (Å²) >= 11 is 1.05. The summed E-state index contributed by atoms with van der Waals surface area (Å²) in [4.78, 5) is 33.3. The number of hydrogen-bond donors (Lipinski definition) is 2. The number of esters is 1. The van der Waals surface area contributed by atoms with Crippen molar-refractivity contribution in [3.05, 3.63) is 0 Å². The Kier molecular flexibility index (Phi) is 3.96. The van der Waals surface area contributed by atoms with Gasteiger partial charge in [0.1, 0.15) is 12.1 Å². The summed E-state index contributed by atoms with van der Waals surface area (Å²) < 4.78 is 4.45. The monoisotopic (exact) mass is 232 g/mol. The van der Waals surface area contributed by atoms with Crippen molar-refractivity contribution in [2.45, 2.75) is 19.0 Å². The second-order valence-corrected chi connectivity index (χ2v) is 4.04. The summed E-state index contributed by atoms with van der Waals surface area (Å²) in [7, 11) is 1.25. The lowest BCUT2D eigenvalue weighted by molar-refractivity contribution is -0.144. The van der Waals surface area contributed by atoms with Crippen LogP contribution in [0.2, 0.25) is 0 Å². The Balaban J connectivity index is 2.42. The summed E-state index contributed by atoms with van der Waals surface area (Å²) in [5.74, 6) is -0.495. The zero-order valence-corrected chi connectivity index (χ0v) is 9.22. The van der Waals surface area contributed by atoms with Crippen molar-refractivity contribution in [2.24, 2.45) is 0 Å². The Morgan fingerprint density at radius 2 is 2.33 bits per heavy atom. The minimum absolute atomic E-state index is 0.221. The number of ether oxygens (including phenoxy) is 1. The standard InChI is InChI=1S/C8H12N2O4S/c1-4(7(12)14-2)9-6(11)5-3-15-8(13)10-5/h4-5H,3H2,1-2H3,(H,9,11)(H,10,13). The highest BCUT2D eigenvalue weighted by Crippen LogP contribution is 2.12. The lowest BCUT2D eigenvalue weighted by Gasteiger charge is -2.14. The van der Waals surface area contributed by atoms with E-state index < -0.39 is 18.1 Å². The van der Waals surface area contributed by atoms with Crippen LogP contribution in [-0.4, -0.2) is 42.1 Å². The molecule has 7 heteroatoms. The number of hydrogen-bond acceptors (Lipinski definition) is 5. The van der Waals surface area contributed by atoms with Gasteiger partial charge in [-0.1, -0.05) is 11.8 Å². The van der Waals surface area contributed by atoms with Gasteiger partial charge < -0.3 is 15.4 Å². The maximum Gasteiger partial charge on any atom is 0.328 e. The van der Waals surface area contributed by atoms with E-state index in [4.69, 9.17) is 0 Å². The number of rotatable bonds is 3. The third-order valence-electron chi connectivity index (χ3n) is 1.90.